The summed E-state index contributed by atoms with van der Waals surface area (Å²) in [4.78, 5) is 70.2. The van der Waals surface area contributed by atoms with Crippen LogP contribution in [0.5, 0.6) is 0 Å². The Morgan fingerprint density at radius 2 is 1.45 bits per heavy atom. The molecule has 1 aromatic carbocycles. The smallest absolute Gasteiger partial charge is 0.322 e. The van der Waals surface area contributed by atoms with Crippen LogP contribution in [-0.2, 0) is 35.2 Å². The van der Waals surface area contributed by atoms with E-state index in [0.717, 1.165) is 5.56 Å². The van der Waals surface area contributed by atoms with Crippen LogP contribution in [0.4, 0.5) is 0 Å². The minimum Gasteiger partial charge on any atom is -0.481 e. The Labute approximate surface area is 188 Å². The Balaban J connectivity index is 2.88. The zero-order valence-electron chi connectivity index (χ0n) is 17.7. The van der Waals surface area contributed by atoms with E-state index in [1.165, 1.54) is 0 Å². The van der Waals surface area contributed by atoms with E-state index < -0.39 is 66.7 Å². The van der Waals surface area contributed by atoms with Crippen LogP contribution in [0.3, 0.4) is 0 Å². The molecule has 3 atom stereocenters. The molecule has 0 spiro atoms. The van der Waals surface area contributed by atoms with E-state index in [1.807, 2.05) is 5.32 Å². The third kappa shape index (κ3) is 10.7. The lowest BCUT2D eigenvalue weighted by molar-refractivity contribution is -0.141. The lowest BCUT2D eigenvalue weighted by Crippen LogP contribution is -2.56. The lowest BCUT2D eigenvalue weighted by atomic mass is 10.0. The molecule has 0 saturated carbocycles. The fourth-order valence-corrected chi connectivity index (χ4v) is 2.74. The zero-order valence-corrected chi connectivity index (χ0v) is 17.7. The van der Waals surface area contributed by atoms with Gasteiger partial charge in [0, 0.05) is 6.42 Å². The SMILES string of the molecule is NC(=O)CCC(NC(=O)C(CC(=O)O)NC(=O)C(N)Cc1ccccc1)C(=O)NCC(=O)O. The van der Waals surface area contributed by atoms with Crippen molar-refractivity contribution in [2.75, 3.05) is 6.54 Å². The Bertz CT molecular complexity index is 876. The number of nitrogens with two attached hydrogens (primary N) is 2. The molecule has 0 aromatic heterocycles. The summed E-state index contributed by atoms with van der Waals surface area (Å²) in [6.07, 6.45) is -1.26. The Kier molecular flexibility index (Phi) is 11.0. The van der Waals surface area contributed by atoms with Gasteiger partial charge in [-0.25, -0.2) is 0 Å². The number of hydrogen-bond donors (Lipinski definition) is 7. The molecule has 0 aliphatic heterocycles. The summed E-state index contributed by atoms with van der Waals surface area (Å²) in [6.45, 7) is -0.745. The molecule has 13 heteroatoms. The third-order valence-corrected chi connectivity index (χ3v) is 4.37. The van der Waals surface area contributed by atoms with E-state index >= 15 is 0 Å². The summed E-state index contributed by atoms with van der Waals surface area (Å²) < 4.78 is 0. The number of aliphatic carboxylic acids is 2. The molecule has 4 amide bonds. The number of hydrogen-bond acceptors (Lipinski definition) is 7. The topological polar surface area (TPSA) is 231 Å². The van der Waals surface area contributed by atoms with E-state index in [0.29, 0.717) is 0 Å². The minimum absolute atomic E-state index is 0.132. The number of nitrogens with one attached hydrogen (secondary N) is 3. The van der Waals surface area contributed by atoms with Crippen molar-refractivity contribution in [2.24, 2.45) is 11.5 Å². The normalized spacial score (nSPS) is 13.1. The van der Waals surface area contributed by atoms with Gasteiger partial charge in [0.05, 0.1) is 12.5 Å². The number of amides is 4. The van der Waals surface area contributed by atoms with Gasteiger partial charge in [-0.05, 0) is 18.4 Å². The summed E-state index contributed by atoms with van der Waals surface area (Å²) in [5.41, 5.74) is 11.7. The number of carboxylic acid groups (broad SMARTS) is 2. The molecule has 0 heterocycles. The van der Waals surface area contributed by atoms with Gasteiger partial charge in [0.1, 0.15) is 18.6 Å². The average molecular weight is 465 g/mol. The van der Waals surface area contributed by atoms with Gasteiger partial charge in [-0.2, -0.15) is 0 Å². The van der Waals surface area contributed by atoms with Gasteiger partial charge >= 0.3 is 11.9 Å². The first-order chi connectivity index (χ1) is 15.5. The van der Waals surface area contributed by atoms with Crippen LogP contribution in [0.2, 0.25) is 0 Å². The first kappa shape index (κ1) is 27.0. The highest BCUT2D eigenvalue weighted by molar-refractivity contribution is 5.95. The number of benzene rings is 1. The second-order valence-electron chi connectivity index (χ2n) is 7.13. The van der Waals surface area contributed by atoms with Crippen molar-refractivity contribution < 1.29 is 39.0 Å². The minimum atomic E-state index is -1.58. The molecule has 13 nitrogen and oxygen atoms in total. The Morgan fingerprint density at radius 1 is 0.848 bits per heavy atom. The van der Waals surface area contributed by atoms with Crippen molar-refractivity contribution >= 4 is 35.6 Å². The fourth-order valence-electron chi connectivity index (χ4n) is 2.74. The van der Waals surface area contributed by atoms with Crippen LogP contribution in [0, 0.1) is 0 Å². The summed E-state index contributed by atoms with van der Waals surface area (Å²) >= 11 is 0. The molecule has 180 valence electrons. The maximum atomic E-state index is 12.7. The predicted molar refractivity (Wildman–Crippen MR) is 113 cm³/mol. The second kappa shape index (κ2) is 13.4. The van der Waals surface area contributed by atoms with Crippen molar-refractivity contribution in [3.63, 3.8) is 0 Å². The van der Waals surface area contributed by atoms with Gasteiger partial charge in [0.25, 0.3) is 0 Å². The standard InChI is InChI=1S/C20H27N5O8/c21-12(8-11-4-2-1-3-5-11)18(31)25-14(9-16(27)28)20(33)24-13(6-7-15(22)26)19(32)23-10-17(29)30/h1-5,12-14H,6-10,21H2,(H2,22,26)(H,23,32)(H,24,33)(H,25,31)(H,27,28)(H,29,30). The average Bonchev–Trinajstić information content (AvgIpc) is 2.74. The lowest BCUT2D eigenvalue weighted by Gasteiger charge is -2.23. The molecule has 0 radical (unpaired) electrons. The number of carbonyl (C=O) groups is 6. The molecular formula is C20H27N5O8. The maximum Gasteiger partial charge on any atom is 0.322 e. The van der Waals surface area contributed by atoms with Gasteiger partial charge in [0.15, 0.2) is 0 Å². The van der Waals surface area contributed by atoms with Crippen molar-refractivity contribution in [1.82, 2.24) is 16.0 Å². The largest absolute Gasteiger partial charge is 0.481 e. The first-order valence-electron chi connectivity index (χ1n) is 9.89. The highest BCUT2D eigenvalue weighted by Crippen LogP contribution is 2.04. The van der Waals surface area contributed by atoms with E-state index in [9.17, 15) is 28.8 Å². The molecule has 0 bridgehead atoms. The van der Waals surface area contributed by atoms with Crippen molar-refractivity contribution in [3.05, 3.63) is 35.9 Å². The fraction of sp³-hybridized carbons (Fsp3) is 0.400. The number of carboxylic acids is 2. The molecule has 1 aromatic rings. The first-order valence-corrected chi connectivity index (χ1v) is 9.89. The maximum absolute atomic E-state index is 12.7. The quantitative estimate of drug-likeness (QED) is 0.153. The predicted octanol–water partition coefficient (Wildman–Crippen LogP) is -2.53. The summed E-state index contributed by atoms with van der Waals surface area (Å²) in [6, 6.07) is 4.71. The van der Waals surface area contributed by atoms with Crippen molar-refractivity contribution in [3.8, 4) is 0 Å². The van der Waals surface area contributed by atoms with Crippen LogP contribution >= 0.6 is 0 Å². The van der Waals surface area contributed by atoms with Gasteiger partial charge < -0.3 is 37.6 Å². The molecule has 0 aliphatic carbocycles. The molecule has 1 rings (SSSR count). The molecule has 3 unspecified atom stereocenters. The van der Waals surface area contributed by atoms with Crippen molar-refractivity contribution in [1.29, 1.82) is 0 Å². The van der Waals surface area contributed by atoms with Crippen molar-refractivity contribution in [2.45, 2.75) is 43.8 Å². The molecule has 9 N–H and O–H groups in total. The van der Waals surface area contributed by atoms with Crippen LogP contribution in [0.1, 0.15) is 24.8 Å². The number of carbonyl (C=O) groups excluding carboxylic acids is 4. The number of primary amides is 1. The summed E-state index contributed by atoms with van der Waals surface area (Å²) in [7, 11) is 0. The molecule has 33 heavy (non-hydrogen) atoms. The number of rotatable bonds is 14. The van der Waals surface area contributed by atoms with Crippen LogP contribution in [0.25, 0.3) is 0 Å². The highest BCUT2D eigenvalue weighted by atomic mass is 16.4. The van der Waals surface area contributed by atoms with E-state index in [1.54, 1.807) is 30.3 Å². The van der Waals surface area contributed by atoms with Gasteiger partial charge in [-0.1, -0.05) is 30.3 Å². The Morgan fingerprint density at radius 3 is 2.00 bits per heavy atom. The van der Waals surface area contributed by atoms with Gasteiger partial charge in [-0.15, -0.1) is 0 Å². The molecule has 0 aliphatic rings. The monoisotopic (exact) mass is 465 g/mol. The van der Waals surface area contributed by atoms with Crippen LogP contribution in [0.15, 0.2) is 30.3 Å². The second-order valence-corrected chi connectivity index (χ2v) is 7.13. The highest BCUT2D eigenvalue weighted by Gasteiger charge is 2.30. The third-order valence-electron chi connectivity index (χ3n) is 4.37. The van der Waals surface area contributed by atoms with E-state index in [-0.39, 0.29) is 19.3 Å². The van der Waals surface area contributed by atoms with Crippen LogP contribution < -0.4 is 27.4 Å². The zero-order chi connectivity index (χ0) is 25.0. The molecule has 0 saturated heterocycles. The van der Waals surface area contributed by atoms with E-state index in [4.69, 9.17) is 21.7 Å². The van der Waals surface area contributed by atoms with Gasteiger partial charge in [-0.3, -0.25) is 28.8 Å². The molecular weight excluding hydrogens is 438 g/mol. The van der Waals surface area contributed by atoms with Gasteiger partial charge in [0.2, 0.25) is 23.6 Å². The Hall–Kier alpha value is -4.00. The summed E-state index contributed by atoms with van der Waals surface area (Å²) in [5.74, 6) is -6.26. The molecule has 0 fully saturated rings. The summed E-state index contributed by atoms with van der Waals surface area (Å²) in [5, 5.41) is 24.3. The van der Waals surface area contributed by atoms with E-state index in [2.05, 4.69) is 10.6 Å². The van der Waals surface area contributed by atoms with Crippen LogP contribution in [-0.4, -0.2) is 70.5 Å².